The molecule has 0 saturated heterocycles. The van der Waals surface area contributed by atoms with Gasteiger partial charge in [0.25, 0.3) is 0 Å². The van der Waals surface area contributed by atoms with Gasteiger partial charge in [0.15, 0.2) is 0 Å². The number of fused-ring (bicyclic) bond motifs is 1. The summed E-state index contributed by atoms with van der Waals surface area (Å²) in [4.78, 5) is 0. The largest absolute Gasteiger partial charge is 0.390 e. The van der Waals surface area contributed by atoms with E-state index in [0.717, 1.165) is 24.7 Å². The second kappa shape index (κ2) is 2.96. The van der Waals surface area contributed by atoms with Gasteiger partial charge in [-0.05, 0) is 43.9 Å². The van der Waals surface area contributed by atoms with Crippen LogP contribution >= 0.6 is 0 Å². The van der Waals surface area contributed by atoms with Crippen LogP contribution in [0.2, 0.25) is 0 Å². The maximum atomic E-state index is 10.1. The van der Waals surface area contributed by atoms with Gasteiger partial charge < -0.3 is 9.84 Å². The predicted octanol–water partition coefficient (Wildman–Crippen LogP) is 2.21. The van der Waals surface area contributed by atoms with Crippen LogP contribution in [0.1, 0.15) is 40.5 Å². The lowest BCUT2D eigenvalue weighted by molar-refractivity contribution is -0.131. The minimum atomic E-state index is -0.288. The van der Waals surface area contributed by atoms with Crippen LogP contribution in [0.15, 0.2) is 0 Å². The first kappa shape index (κ1) is 10.4. The summed E-state index contributed by atoms with van der Waals surface area (Å²) in [5, 5.41) is 10.1. The molecule has 0 radical (unpaired) electrons. The van der Waals surface area contributed by atoms with Crippen molar-refractivity contribution in [3.8, 4) is 0 Å². The van der Waals surface area contributed by atoms with Gasteiger partial charge in [-0.15, -0.1) is 0 Å². The van der Waals surface area contributed by atoms with E-state index in [9.17, 15) is 5.11 Å². The zero-order valence-corrected chi connectivity index (χ0v) is 9.71. The van der Waals surface area contributed by atoms with E-state index in [-0.39, 0.29) is 11.7 Å². The summed E-state index contributed by atoms with van der Waals surface area (Å²) >= 11 is 0. The molecule has 0 aromatic rings. The van der Waals surface area contributed by atoms with Gasteiger partial charge >= 0.3 is 0 Å². The fourth-order valence-electron chi connectivity index (χ4n) is 3.28. The quantitative estimate of drug-likeness (QED) is 0.737. The molecular weight excluding hydrogens is 176 g/mol. The molecule has 0 heterocycles. The van der Waals surface area contributed by atoms with Gasteiger partial charge in [0.05, 0.1) is 11.7 Å². The smallest absolute Gasteiger partial charge is 0.0915 e. The first-order valence-corrected chi connectivity index (χ1v) is 5.74. The maximum Gasteiger partial charge on any atom is 0.0915 e. The molecule has 2 heteroatoms. The zero-order chi connectivity index (χ0) is 10.6. The molecule has 2 aliphatic rings. The summed E-state index contributed by atoms with van der Waals surface area (Å²) in [7, 11) is 0. The molecule has 2 nitrogen and oxygen atoms in total. The summed E-state index contributed by atoms with van der Waals surface area (Å²) < 4.78 is 5.72. The van der Waals surface area contributed by atoms with Gasteiger partial charge in [-0.3, -0.25) is 0 Å². The van der Waals surface area contributed by atoms with Crippen molar-refractivity contribution in [2.75, 3.05) is 6.61 Å². The summed E-state index contributed by atoms with van der Waals surface area (Å²) in [6.45, 7) is 9.39. The van der Waals surface area contributed by atoms with Crippen molar-refractivity contribution in [1.82, 2.24) is 0 Å². The maximum absolute atomic E-state index is 10.1. The molecule has 0 amide bonds. The highest BCUT2D eigenvalue weighted by molar-refractivity contribution is 5.13. The summed E-state index contributed by atoms with van der Waals surface area (Å²) in [5.74, 6) is 1.49. The van der Waals surface area contributed by atoms with Crippen LogP contribution in [0.3, 0.4) is 0 Å². The Hall–Kier alpha value is -0.0800. The average Bonchev–Trinajstić information content (AvgIpc) is 2.56. The van der Waals surface area contributed by atoms with Crippen molar-refractivity contribution in [3.05, 3.63) is 0 Å². The minimum Gasteiger partial charge on any atom is -0.390 e. The summed E-state index contributed by atoms with van der Waals surface area (Å²) in [5.41, 5.74) is 0.152. The predicted molar refractivity (Wildman–Crippen MR) is 56.0 cm³/mol. The molecule has 2 saturated carbocycles. The van der Waals surface area contributed by atoms with Gasteiger partial charge in [0.2, 0.25) is 0 Å². The van der Waals surface area contributed by atoms with E-state index in [1.807, 2.05) is 6.92 Å². The number of hydrogen-bond acceptors (Lipinski definition) is 2. The molecule has 82 valence electrons. The zero-order valence-electron chi connectivity index (χ0n) is 9.71. The average molecular weight is 198 g/mol. The van der Waals surface area contributed by atoms with E-state index in [2.05, 4.69) is 20.8 Å². The third-order valence-electron chi connectivity index (χ3n) is 4.57. The molecule has 0 aromatic heterocycles. The van der Waals surface area contributed by atoms with E-state index in [1.165, 1.54) is 0 Å². The second-order valence-electron chi connectivity index (χ2n) is 5.74. The van der Waals surface area contributed by atoms with Gasteiger partial charge in [-0.2, -0.15) is 0 Å². The van der Waals surface area contributed by atoms with Crippen LogP contribution in [0.25, 0.3) is 0 Å². The molecular formula is C12H22O2. The molecule has 4 unspecified atom stereocenters. The van der Waals surface area contributed by atoms with Crippen LogP contribution < -0.4 is 0 Å². The molecule has 1 N–H and O–H groups in total. The number of aliphatic hydroxyl groups is 1. The lowest BCUT2D eigenvalue weighted by Gasteiger charge is -2.37. The third-order valence-corrected chi connectivity index (χ3v) is 4.57. The van der Waals surface area contributed by atoms with Crippen molar-refractivity contribution in [2.45, 2.75) is 52.2 Å². The van der Waals surface area contributed by atoms with E-state index in [1.54, 1.807) is 0 Å². The SMILES string of the molecule is CCOC1(C)CC2C(CC1O)C2(C)C. The molecule has 14 heavy (non-hydrogen) atoms. The van der Waals surface area contributed by atoms with E-state index in [0.29, 0.717) is 12.0 Å². The Balaban J connectivity index is 2.09. The van der Waals surface area contributed by atoms with Gasteiger partial charge in [-0.1, -0.05) is 13.8 Å². The van der Waals surface area contributed by atoms with Crippen molar-refractivity contribution >= 4 is 0 Å². The number of rotatable bonds is 2. The lowest BCUT2D eigenvalue weighted by atomic mass is 9.83. The Morgan fingerprint density at radius 1 is 1.29 bits per heavy atom. The van der Waals surface area contributed by atoms with Crippen LogP contribution in [0, 0.1) is 17.3 Å². The molecule has 2 rings (SSSR count). The molecule has 2 aliphatic carbocycles. The Morgan fingerprint density at radius 3 is 2.50 bits per heavy atom. The van der Waals surface area contributed by atoms with Gasteiger partial charge in [0, 0.05) is 6.61 Å². The van der Waals surface area contributed by atoms with Crippen LogP contribution in [-0.4, -0.2) is 23.4 Å². The standard InChI is InChI=1S/C12H22O2/c1-5-14-12(4)7-9-8(6-10(12)13)11(9,2)3/h8-10,13H,5-7H2,1-4H3. The highest BCUT2D eigenvalue weighted by atomic mass is 16.5. The van der Waals surface area contributed by atoms with Crippen molar-refractivity contribution < 1.29 is 9.84 Å². The van der Waals surface area contributed by atoms with E-state index >= 15 is 0 Å². The van der Waals surface area contributed by atoms with Crippen LogP contribution in [-0.2, 0) is 4.74 Å². The minimum absolute atomic E-state index is 0.273. The highest BCUT2D eigenvalue weighted by Gasteiger charge is 2.64. The molecule has 4 atom stereocenters. The van der Waals surface area contributed by atoms with Crippen molar-refractivity contribution in [1.29, 1.82) is 0 Å². The van der Waals surface area contributed by atoms with Crippen LogP contribution in [0.4, 0.5) is 0 Å². The Kier molecular flexibility index (Phi) is 2.20. The van der Waals surface area contributed by atoms with Crippen molar-refractivity contribution in [3.63, 3.8) is 0 Å². The lowest BCUT2D eigenvalue weighted by Crippen LogP contribution is -2.45. The van der Waals surface area contributed by atoms with Gasteiger partial charge in [0.1, 0.15) is 0 Å². The Morgan fingerprint density at radius 2 is 1.93 bits per heavy atom. The van der Waals surface area contributed by atoms with Crippen molar-refractivity contribution in [2.24, 2.45) is 17.3 Å². The van der Waals surface area contributed by atoms with Gasteiger partial charge in [-0.25, -0.2) is 0 Å². The summed E-state index contributed by atoms with van der Waals surface area (Å²) in [6, 6.07) is 0. The first-order chi connectivity index (χ1) is 6.42. The molecule has 0 spiro atoms. The summed E-state index contributed by atoms with van der Waals surface area (Å²) in [6.07, 6.45) is 1.68. The number of ether oxygens (including phenoxy) is 1. The fourth-order valence-corrected chi connectivity index (χ4v) is 3.28. The normalized spacial score (nSPS) is 49.9. The second-order valence-corrected chi connectivity index (χ2v) is 5.74. The fraction of sp³-hybridized carbons (Fsp3) is 1.00. The van der Waals surface area contributed by atoms with E-state index < -0.39 is 0 Å². The molecule has 0 aliphatic heterocycles. The topological polar surface area (TPSA) is 29.5 Å². The third kappa shape index (κ3) is 1.31. The highest BCUT2D eigenvalue weighted by Crippen LogP contribution is 2.66. The number of aliphatic hydroxyl groups excluding tert-OH is 1. The molecule has 0 bridgehead atoms. The van der Waals surface area contributed by atoms with Crippen LogP contribution in [0.5, 0.6) is 0 Å². The molecule has 2 fully saturated rings. The number of hydrogen-bond donors (Lipinski definition) is 1. The Bertz CT molecular complexity index is 236. The van der Waals surface area contributed by atoms with E-state index in [4.69, 9.17) is 4.74 Å². The molecule has 0 aromatic carbocycles. The monoisotopic (exact) mass is 198 g/mol. The Labute approximate surface area is 86.6 Å². The first-order valence-electron chi connectivity index (χ1n) is 5.74.